The summed E-state index contributed by atoms with van der Waals surface area (Å²) in [6.07, 6.45) is 1.29. The first-order valence-corrected chi connectivity index (χ1v) is 11.2. The summed E-state index contributed by atoms with van der Waals surface area (Å²) in [7, 11) is 1.80. The molecular formula is C20H32N6O2S. The van der Waals surface area contributed by atoms with Gasteiger partial charge in [0.15, 0.2) is 5.96 Å². The molecule has 0 aliphatic carbocycles. The Bertz CT molecular complexity index is 729. The fraction of sp³-hybridized carbons (Fsp3) is 0.650. The molecule has 3 amide bonds. The minimum absolute atomic E-state index is 0.128. The number of rotatable bonds is 7. The number of guanidine groups is 1. The monoisotopic (exact) mass is 420 g/mol. The van der Waals surface area contributed by atoms with E-state index in [9.17, 15) is 9.59 Å². The standard InChI is InChI=1S/C20H32N6O2S/c1-4-20(2)17(27)26(19(28)23-20)9-6-8-22-18(21-3)25-12-10-24(11-13-25)15-16-7-5-14-29-16/h5,7,14H,4,6,8-13,15H2,1-3H3,(H,21,22)(H,23,28). The topological polar surface area (TPSA) is 80.3 Å². The van der Waals surface area contributed by atoms with Crippen LogP contribution in [0.3, 0.4) is 0 Å². The number of nitrogens with one attached hydrogen (secondary N) is 2. The highest BCUT2D eigenvalue weighted by Crippen LogP contribution is 2.20. The number of thiophene rings is 1. The maximum Gasteiger partial charge on any atom is 0.325 e. The Hall–Kier alpha value is -2.13. The molecule has 160 valence electrons. The molecule has 0 aromatic carbocycles. The van der Waals surface area contributed by atoms with Crippen LogP contribution < -0.4 is 10.6 Å². The van der Waals surface area contributed by atoms with Gasteiger partial charge in [0.2, 0.25) is 0 Å². The lowest BCUT2D eigenvalue weighted by Crippen LogP contribution is -2.52. The zero-order valence-corrected chi connectivity index (χ0v) is 18.4. The van der Waals surface area contributed by atoms with Crippen LogP contribution >= 0.6 is 11.3 Å². The predicted octanol–water partition coefficient (Wildman–Crippen LogP) is 1.55. The first kappa shape index (κ1) is 21.6. The summed E-state index contributed by atoms with van der Waals surface area (Å²) < 4.78 is 0. The molecule has 0 spiro atoms. The van der Waals surface area contributed by atoms with E-state index in [2.05, 4.69) is 42.9 Å². The minimum Gasteiger partial charge on any atom is -0.356 e. The lowest BCUT2D eigenvalue weighted by Gasteiger charge is -2.36. The van der Waals surface area contributed by atoms with Crippen LogP contribution in [-0.2, 0) is 11.3 Å². The second-order valence-corrected chi connectivity index (χ2v) is 8.77. The van der Waals surface area contributed by atoms with Crippen LogP contribution in [0.2, 0.25) is 0 Å². The zero-order valence-electron chi connectivity index (χ0n) is 17.6. The van der Waals surface area contributed by atoms with E-state index in [0.29, 0.717) is 25.9 Å². The van der Waals surface area contributed by atoms with E-state index >= 15 is 0 Å². The molecule has 1 atom stereocenters. The third-order valence-electron chi connectivity index (χ3n) is 5.74. The van der Waals surface area contributed by atoms with Crippen molar-refractivity contribution < 1.29 is 9.59 Å². The van der Waals surface area contributed by atoms with Crippen molar-refractivity contribution in [2.24, 2.45) is 4.99 Å². The fourth-order valence-electron chi connectivity index (χ4n) is 3.70. The number of carbonyl (C=O) groups is 2. The average molecular weight is 421 g/mol. The molecule has 2 saturated heterocycles. The van der Waals surface area contributed by atoms with Gasteiger partial charge in [0.25, 0.3) is 5.91 Å². The summed E-state index contributed by atoms with van der Waals surface area (Å²) in [4.78, 5) is 36.4. The molecular weight excluding hydrogens is 388 g/mol. The third-order valence-corrected chi connectivity index (χ3v) is 6.60. The Morgan fingerprint density at radius 1 is 1.31 bits per heavy atom. The minimum atomic E-state index is -0.761. The van der Waals surface area contributed by atoms with Crippen LogP contribution in [0.4, 0.5) is 4.79 Å². The highest BCUT2D eigenvalue weighted by atomic mass is 32.1. The average Bonchev–Trinajstić information content (AvgIpc) is 3.30. The maximum absolute atomic E-state index is 12.4. The molecule has 0 radical (unpaired) electrons. The molecule has 1 aromatic heterocycles. The molecule has 2 N–H and O–H groups in total. The van der Waals surface area contributed by atoms with Gasteiger partial charge in [-0.2, -0.15) is 0 Å². The summed E-state index contributed by atoms with van der Waals surface area (Å²) >= 11 is 1.81. The molecule has 8 nitrogen and oxygen atoms in total. The van der Waals surface area contributed by atoms with Crippen molar-refractivity contribution in [1.82, 2.24) is 25.3 Å². The van der Waals surface area contributed by atoms with Gasteiger partial charge >= 0.3 is 6.03 Å². The Morgan fingerprint density at radius 3 is 2.66 bits per heavy atom. The van der Waals surface area contributed by atoms with Crippen LogP contribution in [0, 0.1) is 0 Å². The first-order chi connectivity index (χ1) is 14.0. The van der Waals surface area contributed by atoms with Gasteiger partial charge in [0.05, 0.1) is 0 Å². The predicted molar refractivity (Wildman–Crippen MR) is 116 cm³/mol. The van der Waals surface area contributed by atoms with Gasteiger partial charge in [-0.15, -0.1) is 11.3 Å². The summed E-state index contributed by atoms with van der Waals surface area (Å²) in [5.41, 5.74) is -0.761. The normalized spacial score (nSPS) is 23.6. The van der Waals surface area contributed by atoms with Crippen molar-refractivity contribution in [2.75, 3.05) is 46.3 Å². The Balaban J connectivity index is 1.39. The van der Waals surface area contributed by atoms with Gasteiger partial charge < -0.3 is 15.5 Å². The lowest BCUT2D eigenvalue weighted by atomic mass is 9.99. The number of hydrogen-bond donors (Lipinski definition) is 2. The van der Waals surface area contributed by atoms with E-state index in [0.717, 1.165) is 38.7 Å². The van der Waals surface area contributed by atoms with E-state index in [-0.39, 0.29) is 11.9 Å². The number of aliphatic imine (C=N–C) groups is 1. The third kappa shape index (κ3) is 5.08. The van der Waals surface area contributed by atoms with Crippen molar-refractivity contribution in [2.45, 2.75) is 38.8 Å². The van der Waals surface area contributed by atoms with Crippen molar-refractivity contribution in [1.29, 1.82) is 0 Å². The van der Waals surface area contributed by atoms with Gasteiger partial charge in [0.1, 0.15) is 5.54 Å². The van der Waals surface area contributed by atoms with Crippen molar-refractivity contribution in [3.63, 3.8) is 0 Å². The molecule has 1 unspecified atom stereocenters. The Labute approximate surface area is 176 Å². The van der Waals surface area contributed by atoms with Crippen LogP contribution in [-0.4, -0.2) is 84.5 Å². The van der Waals surface area contributed by atoms with Gasteiger partial charge in [0, 0.05) is 57.7 Å². The van der Waals surface area contributed by atoms with Crippen LogP contribution in [0.5, 0.6) is 0 Å². The maximum atomic E-state index is 12.4. The highest BCUT2D eigenvalue weighted by Gasteiger charge is 2.45. The van der Waals surface area contributed by atoms with Crippen LogP contribution in [0.1, 0.15) is 31.6 Å². The number of piperazine rings is 1. The second-order valence-electron chi connectivity index (χ2n) is 7.74. The zero-order chi connectivity index (χ0) is 20.9. The van der Waals surface area contributed by atoms with Gasteiger partial charge in [-0.25, -0.2) is 4.79 Å². The summed E-state index contributed by atoms with van der Waals surface area (Å²) in [5, 5.41) is 8.30. The van der Waals surface area contributed by atoms with E-state index in [1.807, 2.05) is 6.92 Å². The molecule has 3 rings (SSSR count). The Morgan fingerprint density at radius 2 is 2.07 bits per heavy atom. The van der Waals surface area contributed by atoms with E-state index in [4.69, 9.17) is 0 Å². The number of urea groups is 1. The van der Waals surface area contributed by atoms with E-state index < -0.39 is 5.54 Å². The largest absolute Gasteiger partial charge is 0.356 e. The number of hydrogen-bond acceptors (Lipinski definition) is 5. The quantitative estimate of drug-likeness (QED) is 0.303. The summed E-state index contributed by atoms with van der Waals surface area (Å²) in [6.45, 7) is 9.69. The molecule has 9 heteroatoms. The molecule has 0 bridgehead atoms. The lowest BCUT2D eigenvalue weighted by molar-refractivity contribution is -0.130. The van der Waals surface area contributed by atoms with Gasteiger partial charge in [-0.1, -0.05) is 13.0 Å². The molecule has 2 aliphatic rings. The number of carbonyl (C=O) groups excluding carboxylic acids is 2. The molecule has 1 aromatic rings. The molecule has 2 fully saturated rings. The Kier molecular flexibility index (Phi) is 7.13. The van der Waals surface area contributed by atoms with Crippen LogP contribution in [0.25, 0.3) is 0 Å². The number of imide groups is 1. The summed E-state index contributed by atoms with van der Waals surface area (Å²) in [5.74, 6) is 0.757. The van der Waals surface area contributed by atoms with E-state index in [1.165, 1.54) is 9.78 Å². The highest BCUT2D eigenvalue weighted by molar-refractivity contribution is 7.09. The van der Waals surface area contributed by atoms with Crippen LogP contribution in [0.15, 0.2) is 22.5 Å². The molecule has 0 saturated carbocycles. The molecule has 3 heterocycles. The van der Waals surface area contributed by atoms with Crippen molar-refractivity contribution in [3.8, 4) is 0 Å². The van der Waals surface area contributed by atoms with Crippen molar-refractivity contribution in [3.05, 3.63) is 22.4 Å². The second kappa shape index (κ2) is 9.58. The van der Waals surface area contributed by atoms with E-state index in [1.54, 1.807) is 25.3 Å². The van der Waals surface area contributed by atoms with Crippen molar-refractivity contribution >= 4 is 29.2 Å². The molecule has 29 heavy (non-hydrogen) atoms. The smallest absolute Gasteiger partial charge is 0.325 e. The fourth-order valence-corrected chi connectivity index (χ4v) is 4.45. The number of nitrogens with zero attached hydrogens (tertiary/aromatic N) is 4. The molecule has 2 aliphatic heterocycles. The SMILES string of the molecule is CCC1(C)NC(=O)N(CCCNC(=NC)N2CCN(Cc3cccs3)CC2)C1=O. The number of amides is 3. The van der Waals surface area contributed by atoms with Gasteiger partial charge in [-0.3, -0.25) is 19.6 Å². The summed E-state index contributed by atoms with van der Waals surface area (Å²) in [6, 6.07) is 4.00. The van der Waals surface area contributed by atoms with Gasteiger partial charge in [-0.05, 0) is 31.2 Å². The first-order valence-electron chi connectivity index (χ1n) is 10.3.